The highest BCUT2D eigenvalue weighted by Crippen LogP contribution is 2.21. The highest BCUT2D eigenvalue weighted by molar-refractivity contribution is 9.10. The summed E-state index contributed by atoms with van der Waals surface area (Å²) in [6, 6.07) is 15.8. The summed E-state index contributed by atoms with van der Waals surface area (Å²) in [4.78, 5) is 14.6. The Kier molecular flexibility index (Phi) is 6.64. The molecule has 0 aromatic heterocycles. The minimum Gasteiger partial charge on any atom is -0.339 e. The lowest BCUT2D eigenvalue weighted by atomic mass is 10.2. The summed E-state index contributed by atoms with van der Waals surface area (Å²) in [6.07, 6.45) is 0. The number of hydrogen-bond donors (Lipinski definition) is 1. The topological polar surface area (TPSA) is 69.7 Å². The molecule has 1 heterocycles. The number of halogens is 1. The second-order valence-corrected chi connectivity index (χ2v) is 9.20. The van der Waals surface area contributed by atoms with Gasteiger partial charge in [0.25, 0.3) is 0 Å². The van der Waals surface area contributed by atoms with Crippen LogP contribution in [0.1, 0.15) is 5.56 Å². The third-order valence-corrected chi connectivity index (χ3v) is 6.77. The second kappa shape index (κ2) is 8.97. The second-order valence-electron chi connectivity index (χ2n) is 6.34. The molecule has 1 N–H and O–H groups in total. The van der Waals surface area contributed by atoms with E-state index in [-0.39, 0.29) is 23.9 Å². The first-order valence-corrected chi connectivity index (χ1v) is 11.0. The van der Waals surface area contributed by atoms with Crippen LogP contribution in [0, 0.1) is 0 Å². The fourth-order valence-electron chi connectivity index (χ4n) is 2.93. The van der Waals surface area contributed by atoms with Crippen molar-refractivity contribution in [3.8, 4) is 0 Å². The molecule has 0 bridgehead atoms. The molecular formula is C19H22BrN3O3S. The molecule has 0 atom stereocenters. The summed E-state index contributed by atoms with van der Waals surface area (Å²) < 4.78 is 28.4. The lowest BCUT2D eigenvalue weighted by Crippen LogP contribution is -2.50. The van der Waals surface area contributed by atoms with E-state index < -0.39 is 10.0 Å². The summed E-state index contributed by atoms with van der Waals surface area (Å²) >= 11 is 3.32. The molecule has 1 fully saturated rings. The van der Waals surface area contributed by atoms with Crippen LogP contribution >= 0.6 is 15.9 Å². The zero-order chi connectivity index (χ0) is 19.3. The van der Waals surface area contributed by atoms with Crippen molar-refractivity contribution in [1.82, 2.24) is 14.5 Å². The number of rotatable bonds is 6. The van der Waals surface area contributed by atoms with Gasteiger partial charge in [-0.3, -0.25) is 4.79 Å². The van der Waals surface area contributed by atoms with Gasteiger partial charge in [0.05, 0.1) is 11.4 Å². The lowest BCUT2D eigenvalue weighted by molar-refractivity contribution is -0.132. The minimum absolute atomic E-state index is 0.150. The Morgan fingerprint density at radius 3 is 2.30 bits per heavy atom. The first-order valence-electron chi connectivity index (χ1n) is 8.75. The molecule has 27 heavy (non-hydrogen) atoms. The van der Waals surface area contributed by atoms with Crippen LogP contribution in [-0.2, 0) is 21.4 Å². The predicted octanol–water partition coefficient (Wildman–Crippen LogP) is 2.07. The number of carbonyl (C=O) groups excluding carboxylic acids is 1. The Morgan fingerprint density at radius 2 is 1.67 bits per heavy atom. The van der Waals surface area contributed by atoms with Gasteiger partial charge < -0.3 is 10.2 Å². The van der Waals surface area contributed by atoms with Gasteiger partial charge in [0, 0.05) is 37.2 Å². The van der Waals surface area contributed by atoms with E-state index in [1.54, 1.807) is 29.2 Å². The number of nitrogens with one attached hydrogen (secondary N) is 1. The minimum atomic E-state index is -3.80. The molecule has 1 aliphatic heterocycles. The predicted molar refractivity (Wildman–Crippen MR) is 108 cm³/mol. The van der Waals surface area contributed by atoms with Crippen LogP contribution in [0.5, 0.6) is 0 Å². The van der Waals surface area contributed by atoms with E-state index in [0.717, 1.165) is 23.1 Å². The number of carbonyl (C=O) groups is 1. The van der Waals surface area contributed by atoms with Gasteiger partial charge in [-0.15, -0.1) is 0 Å². The third-order valence-electron chi connectivity index (χ3n) is 4.43. The molecule has 144 valence electrons. The van der Waals surface area contributed by atoms with Gasteiger partial charge in [-0.1, -0.05) is 46.3 Å². The summed E-state index contributed by atoms with van der Waals surface area (Å²) in [5.74, 6) is -0.173. The highest BCUT2D eigenvalue weighted by atomic mass is 79.9. The standard InChI is InChI=1S/C19H22BrN3O3S/c20-17-6-8-18(9-7-17)27(25,26)23(14-16-4-2-1-3-5-16)15-19(24)22-12-10-21-11-13-22/h1-9,21H,10-15H2. The summed E-state index contributed by atoms with van der Waals surface area (Å²) in [7, 11) is -3.80. The molecule has 0 unspecified atom stereocenters. The van der Waals surface area contributed by atoms with Crippen LogP contribution in [0.4, 0.5) is 0 Å². The van der Waals surface area contributed by atoms with Crippen molar-refractivity contribution < 1.29 is 13.2 Å². The van der Waals surface area contributed by atoms with Crippen LogP contribution in [0.2, 0.25) is 0 Å². The van der Waals surface area contributed by atoms with Crippen molar-refractivity contribution in [3.05, 3.63) is 64.6 Å². The Morgan fingerprint density at radius 1 is 1.04 bits per heavy atom. The smallest absolute Gasteiger partial charge is 0.243 e. The molecule has 2 aromatic carbocycles. The lowest BCUT2D eigenvalue weighted by Gasteiger charge is -2.30. The van der Waals surface area contributed by atoms with E-state index in [4.69, 9.17) is 0 Å². The molecule has 1 saturated heterocycles. The van der Waals surface area contributed by atoms with E-state index in [1.807, 2.05) is 30.3 Å². The number of nitrogens with zero attached hydrogens (tertiary/aromatic N) is 2. The van der Waals surface area contributed by atoms with E-state index >= 15 is 0 Å². The van der Waals surface area contributed by atoms with Crippen LogP contribution in [0.25, 0.3) is 0 Å². The van der Waals surface area contributed by atoms with Crippen LogP contribution < -0.4 is 5.32 Å². The molecule has 6 nitrogen and oxygen atoms in total. The van der Waals surface area contributed by atoms with E-state index in [9.17, 15) is 13.2 Å². The number of amides is 1. The molecule has 3 rings (SSSR count). The molecular weight excluding hydrogens is 430 g/mol. The monoisotopic (exact) mass is 451 g/mol. The zero-order valence-electron chi connectivity index (χ0n) is 14.8. The SMILES string of the molecule is O=C(CN(Cc1ccccc1)S(=O)(=O)c1ccc(Br)cc1)N1CCNCC1. The largest absolute Gasteiger partial charge is 0.339 e. The third kappa shape index (κ3) is 5.16. The van der Waals surface area contributed by atoms with Crippen molar-refractivity contribution in [3.63, 3.8) is 0 Å². The Hall–Kier alpha value is -1.74. The van der Waals surface area contributed by atoms with E-state index in [2.05, 4.69) is 21.2 Å². The van der Waals surface area contributed by atoms with E-state index in [1.165, 1.54) is 4.31 Å². The number of sulfonamides is 1. The molecule has 0 spiro atoms. The number of piperazine rings is 1. The maximum Gasteiger partial charge on any atom is 0.243 e. The van der Waals surface area contributed by atoms with Gasteiger partial charge in [0.1, 0.15) is 0 Å². The van der Waals surface area contributed by atoms with Gasteiger partial charge in [0.15, 0.2) is 0 Å². The first kappa shape index (κ1) is 20.0. The fourth-order valence-corrected chi connectivity index (χ4v) is 4.58. The van der Waals surface area contributed by atoms with Crippen molar-refractivity contribution in [2.45, 2.75) is 11.4 Å². The van der Waals surface area contributed by atoms with Gasteiger partial charge in [-0.2, -0.15) is 4.31 Å². The summed E-state index contributed by atoms with van der Waals surface area (Å²) in [6.45, 7) is 2.62. The Bertz CT molecular complexity index is 867. The quantitative estimate of drug-likeness (QED) is 0.729. The fraction of sp³-hybridized carbons (Fsp3) is 0.316. The maximum absolute atomic E-state index is 13.2. The highest BCUT2D eigenvalue weighted by Gasteiger charge is 2.29. The zero-order valence-corrected chi connectivity index (χ0v) is 17.2. The number of benzene rings is 2. The van der Waals surface area contributed by atoms with Crippen molar-refractivity contribution >= 4 is 31.9 Å². The molecule has 1 aliphatic rings. The van der Waals surface area contributed by atoms with Crippen LogP contribution in [0.15, 0.2) is 64.0 Å². The summed E-state index contributed by atoms with van der Waals surface area (Å²) in [5.41, 5.74) is 0.839. The van der Waals surface area contributed by atoms with Gasteiger partial charge in [0.2, 0.25) is 15.9 Å². The molecule has 0 radical (unpaired) electrons. The van der Waals surface area contributed by atoms with Gasteiger partial charge in [-0.05, 0) is 29.8 Å². The van der Waals surface area contributed by atoms with Crippen molar-refractivity contribution in [2.75, 3.05) is 32.7 Å². The molecule has 0 aliphatic carbocycles. The van der Waals surface area contributed by atoms with E-state index in [0.29, 0.717) is 13.1 Å². The van der Waals surface area contributed by atoms with Gasteiger partial charge >= 0.3 is 0 Å². The number of hydrogen-bond acceptors (Lipinski definition) is 4. The average molecular weight is 452 g/mol. The molecule has 2 aromatic rings. The Labute approximate surface area is 168 Å². The molecule has 0 saturated carbocycles. The summed E-state index contributed by atoms with van der Waals surface area (Å²) in [5, 5.41) is 3.19. The van der Waals surface area contributed by atoms with Crippen LogP contribution in [0.3, 0.4) is 0 Å². The maximum atomic E-state index is 13.2. The van der Waals surface area contributed by atoms with Crippen molar-refractivity contribution in [2.24, 2.45) is 0 Å². The normalized spacial score (nSPS) is 15.1. The van der Waals surface area contributed by atoms with Crippen molar-refractivity contribution in [1.29, 1.82) is 0 Å². The van der Waals surface area contributed by atoms with Crippen LogP contribution in [-0.4, -0.2) is 56.3 Å². The van der Waals surface area contributed by atoms with Gasteiger partial charge in [-0.25, -0.2) is 8.42 Å². The molecule has 8 heteroatoms. The average Bonchev–Trinajstić information content (AvgIpc) is 2.69. The first-order chi connectivity index (χ1) is 13.0. The molecule has 1 amide bonds. The Balaban J connectivity index is 1.86.